The van der Waals surface area contributed by atoms with Crippen LogP contribution in [0.2, 0.25) is 0 Å². The van der Waals surface area contributed by atoms with E-state index >= 15 is 0 Å². The maximum Gasteiger partial charge on any atom is 0.253 e. The SMILES string of the molecule is CC(CN1CCOCC1)CN1CCN(C(=O)c2ccc(O)cc2)CC1. The summed E-state index contributed by atoms with van der Waals surface area (Å²) in [5.74, 6) is 0.870. The number of carbonyl (C=O) groups is 1. The molecule has 1 amide bonds. The van der Waals surface area contributed by atoms with Gasteiger partial charge in [0.05, 0.1) is 13.2 Å². The van der Waals surface area contributed by atoms with Gasteiger partial charge in [-0.05, 0) is 30.2 Å². The summed E-state index contributed by atoms with van der Waals surface area (Å²) in [7, 11) is 0. The molecular formula is C19H29N3O3. The van der Waals surface area contributed by atoms with Crippen molar-refractivity contribution in [3.05, 3.63) is 29.8 Å². The van der Waals surface area contributed by atoms with E-state index < -0.39 is 0 Å². The Balaban J connectivity index is 1.42. The van der Waals surface area contributed by atoms with Crippen molar-refractivity contribution in [3.8, 4) is 5.75 Å². The molecule has 0 spiro atoms. The number of carbonyl (C=O) groups excluding carboxylic acids is 1. The third kappa shape index (κ3) is 5.17. The topological polar surface area (TPSA) is 56.2 Å². The largest absolute Gasteiger partial charge is 0.508 e. The van der Waals surface area contributed by atoms with Crippen molar-refractivity contribution >= 4 is 5.91 Å². The summed E-state index contributed by atoms with van der Waals surface area (Å²) in [6, 6.07) is 6.51. The molecule has 1 aromatic rings. The highest BCUT2D eigenvalue weighted by Crippen LogP contribution is 2.14. The number of amides is 1. The van der Waals surface area contributed by atoms with Crippen LogP contribution in [0.3, 0.4) is 0 Å². The predicted octanol–water partition coefficient (Wildman–Crippen LogP) is 1.12. The van der Waals surface area contributed by atoms with Gasteiger partial charge in [0.1, 0.15) is 5.75 Å². The van der Waals surface area contributed by atoms with E-state index in [4.69, 9.17) is 4.74 Å². The number of aromatic hydroxyl groups is 1. The van der Waals surface area contributed by atoms with Crippen LogP contribution in [0, 0.1) is 5.92 Å². The van der Waals surface area contributed by atoms with Gasteiger partial charge in [-0.2, -0.15) is 0 Å². The van der Waals surface area contributed by atoms with Gasteiger partial charge in [0.25, 0.3) is 5.91 Å². The summed E-state index contributed by atoms with van der Waals surface area (Å²) in [5, 5.41) is 9.34. The van der Waals surface area contributed by atoms with E-state index in [1.807, 2.05) is 4.90 Å². The van der Waals surface area contributed by atoms with E-state index in [0.717, 1.165) is 65.6 Å². The van der Waals surface area contributed by atoms with E-state index in [2.05, 4.69) is 16.7 Å². The molecule has 6 nitrogen and oxygen atoms in total. The van der Waals surface area contributed by atoms with Crippen molar-refractivity contribution < 1.29 is 14.6 Å². The van der Waals surface area contributed by atoms with Crippen LogP contribution in [0.1, 0.15) is 17.3 Å². The molecule has 2 heterocycles. The molecule has 1 unspecified atom stereocenters. The summed E-state index contributed by atoms with van der Waals surface area (Å²) in [6.45, 7) is 11.7. The fraction of sp³-hybridized carbons (Fsp3) is 0.632. The zero-order chi connectivity index (χ0) is 17.6. The molecule has 3 rings (SSSR count). The normalized spacial score (nSPS) is 21.2. The van der Waals surface area contributed by atoms with Crippen LogP contribution in [-0.2, 0) is 4.74 Å². The van der Waals surface area contributed by atoms with Gasteiger partial charge in [-0.15, -0.1) is 0 Å². The minimum atomic E-state index is 0.0565. The lowest BCUT2D eigenvalue weighted by Gasteiger charge is -2.37. The number of benzene rings is 1. The molecule has 2 fully saturated rings. The molecule has 2 aliphatic rings. The van der Waals surface area contributed by atoms with Gasteiger partial charge in [0.2, 0.25) is 0 Å². The highest BCUT2D eigenvalue weighted by atomic mass is 16.5. The number of hydrogen-bond donors (Lipinski definition) is 1. The average molecular weight is 347 g/mol. The minimum Gasteiger partial charge on any atom is -0.508 e. The van der Waals surface area contributed by atoms with Crippen molar-refractivity contribution in [1.82, 2.24) is 14.7 Å². The van der Waals surface area contributed by atoms with Crippen LogP contribution < -0.4 is 0 Å². The number of piperazine rings is 1. The Morgan fingerprint density at radius 1 is 1.00 bits per heavy atom. The first kappa shape index (κ1) is 18.2. The average Bonchev–Trinajstić information content (AvgIpc) is 2.63. The third-order valence-electron chi connectivity index (χ3n) is 5.02. The fourth-order valence-electron chi connectivity index (χ4n) is 3.64. The van der Waals surface area contributed by atoms with E-state index in [0.29, 0.717) is 11.5 Å². The van der Waals surface area contributed by atoms with E-state index in [1.165, 1.54) is 0 Å². The monoisotopic (exact) mass is 347 g/mol. The Bertz CT molecular complexity index is 550. The van der Waals surface area contributed by atoms with Crippen molar-refractivity contribution in [2.24, 2.45) is 5.92 Å². The smallest absolute Gasteiger partial charge is 0.253 e. The zero-order valence-corrected chi connectivity index (χ0v) is 15.1. The number of hydrogen-bond acceptors (Lipinski definition) is 5. The van der Waals surface area contributed by atoms with Crippen LogP contribution in [0.5, 0.6) is 5.75 Å². The Morgan fingerprint density at radius 2 is 1.56 bits per heavy atom. The second kappa shape index (κ2) is 8.65. The molecule has 0 bridgehead atoms. The Labute approximate surface area is 150 Å². The Kier molecular flexibility index (Phi) is 6.29. The minimum absolute atomic E-state index is 0.0565. The van der Waals surface area contributed by atoms with Crippen molar-refractivity contribution in [2.45, 2.75) is 6.92 Å². The van der Waals surface area contributed by atoms with Crippen LogP contribution in [0.4, 0.5) is 0 Å². The summed E-state index contributed by atoms with van der Waals surface area (Å²) in [6.07, 6.45) is 0. The molecule has 1 N–H and O–H groups in total. The molecule has 0 saturated carbocycles. The standard InChI is InChI=1S/C19H29N3O3/c1-16(15-21-10-12-25-13-11-21)14-20-6-8-22(9-7-20)19(24)17-2-4-18(23)5-3-17/h2-5,16,23H,6-15H2,1H3. The molecule has 1 aromatic carbocycles. The number of morpholine rings is 1. The quantitative estimate of drug-likeness (QED) is 0.865. The van der Waals surface area contributed by atoms with Gasteiger partial charge in [-0.3, -0.25) is 14.6 Å². The molecule has 2 saturated heterocycles. The summed E-state index contributed by atoms with van der Waals surface area (Å²) >= 11 is 0. The van der Waals surface area contributed by atoms with Crippen LogP contribution in [0.25, 0.3) is 0 Å². The molecule has 25 heavy (non-hydrogen) atoms. The van der Waals surface area contributed by atoms with Gasteiger partial charge in [-0.25, -0.2) is 0 Å². The van der Waals surface area contributed by atoms with Gasteiger partial charge >= 0.3 is 0 Å². The van der Waals surface area contributed by atoms with Gasteiger partial charge < -0.3 is 14.7 Å². The highest BCUT2D eigenvalue weighted by Gasteiger charge is 2.23. The summed E-state index contributed by atoms with van der Waals surface area (Å²) < 4.78 is 5.41. The van der Waals surface area contributed by atoms with Gasteiger partial charge in [0, 0.05) is 57.9 Å². The Hall–Kier alpha value is -1.63. The number of ether oxygens (including phenoxy) is 1. The molecule has 138 valence electrons. The first-order chi connectivity index (χ1) is 12.1. The lowest BCUT2D eigenvalue weighted by molar-refractivity contribution is 0.0269. The lowest BCUT2D eigenvalue weighted by atomic mass is 10.1. The molecule has 0 radical (unpaired) electrons. The van der Waals surface area contributed by atoms with Crippen LogP contribution >= 0.6 is 0 Å². The van der Waals surface area contributed by atoms with E-state index in [1.54, 1.807) is 24.3 Å². The van der Waals surface area contributed by atoms with Crippen LogP contribution in [0.15, 0.2) is 24.3 Å². The second-order valence-corrected chi connectivity index (χ2v) is 7.16. The molecular weight excluding hydrogens is 318 g/mol. The predicted molar refractivity (Wildman–Crippen MR) is 96.9 cm³/mol. The lowest BCUT2D eigenvalue weighted by Crippen LogP contribution is -2.50. The summed E-state index contributed by atoms with van der Waals surface area (Å²) in [4.78, 5) is 19.4. The second-order valence-electron chi connectivity index (χ2n) is 7.16. The first-order valence-electron chi connectivity index (χ1n) is 9.22. The maximum absolute atomic E-state index is 12.5. The van der Waals surface area contributed by atoms with E-state index in [9.17, 15) is 9.90 Å². The Morgan fingerprint density at radius 3 is 2.16 bits per heavy atom. The molecule has 0 aromatic heterocycles. The van der Waals surface area contributed by atoms with E-state index in [-0.39, 0.29) is 11.7 Å². The highest BCUT2D eigenvalue weighted by molar-refractivity contribution is 5.94. The van der Waals surface area contributed by atoms with Crippen LogP contribution in [-0.4, -0.2) is 91.3 Å². The first-order valence-corrected chi connectivity index (χ1v) is 9.22. The van der Waals surface area contributed by atoms with Crippen molar-refractivity contribution in [1.29, 1.82) is 0 Å². The number of nitrogens with zero attached hydrogens (tertiary/aromatic N) is 3. The van der Waals surface area contributed by atoms with Gasteiger partial charge in [-0.1, -0.05) is 6.92 Å². The van der Waals surface area contributed by atoms with Gasteiger partial charge in [0.15, 0.2) is 0 Å². The summed E-state index contributed by atoms with van der Waals surface area (Å²) in [5.41, 5.74) is 0.645. The molecule has 0 aliphatic carbocycles. The van der Waals surface area contributed by atoms with Crippen molar-refractivity contribution in [3.63, 3.8) is 0 Å². The van der Waals surface area contributed by atoms with Crippen molar-refractivity contribution in [2.75, 3.05) is 65.6 Å². The third-order valence-corrected chi connectivity index (χ3v) is 5.02. The molecule has 2 aliphatic heterocycles. The molecule has 6 heteroatoms. The number of phenolic OH excluding ortho intramolecular Hbond substituents is 1. The number of rotatable bonds is 5. The maximum atomic E-state index is 12.5. The number of phenols is 1. The molecule has 1 atom stereocenters. The fourth-order valence-corrected chi connectivity index (χ4v) is 3.64. The zero-order valence-electron chi connectivity index (χ0n) is 15.1.